The van der Waals surface area contributed by atoms with E-state index < -0.39 is 0 Å². The van der Waals surface area contributed by atoms with E-state index in [4.69, 9.17) is 0 Å². The van der Waals surface area contributed by atoms with E-state index in [0.717, 1.165) is 31.0 Å². The topological polar surface area (TPSA) is 64.0 Å². The van der Waals surface area contributed by atoms with Gasteiger partial charge in [-0.15, -0.1) is 11.3 Å². The van der Waals surface area contributed by atoms with Crippen molar-refractivity contribution in [1.29, 1.82) is 0 Å². The first-order valence-corrected chi connectivity index (χ1v) is 10.5. The fraction of sp³-hybridized carbons (Fsp3) is 0.278. The maximum atomic E-state index is 12.6. The number of aryl methyl sites for hydroxylation is 3. The minimum Gasteiger partial charge on any atom is -0.325 e. The third-order valence-corrected chi connectivity index (χ3v) is 7.16. The lowest BCUT2D eigenvalue weighted by Gasteiger charge is -2.09. The molecule has 0 aliphatic rings. The Balaban J connectivity index is 1.77. The van der Waals surface area contributed by atoms with E-state index in [9.17, 15) is 9.59 Å². The lowest BCUT2D eigenvalue weighted by molar-refractivity contribution is -0.113. The third-order valence-electron chi connectivity index (χ3n) is 4.14. The number of anilines is 1. The van der Waals surface area contributed by atoms with Crippen molar-refractivity contribution in [3.63, 3.8) is 0 Å². The zero-order chi connectivity index (χ0) is 19.0. The normalized spacial score (nSPS) is 11.1. The van der Waals surface area contributed by atoms with Crippen LogP contribution in [0.3, 0.4) is 0 Å². The molecule has 1 amide bonds. The molecule has 5 nitrogen and oxygen atoms in total. The summed E-state index contributed by atoms with van der Waals surface area (Å²) in [5.41, 5.74) is 2.72. The molecular weight excluding hydrogens is 434 g/mol. The van der Waals surface area contributed by atoms with Gasteiger partial charge in [-0.25, -0.2) is 4.98 Å². The number of carbonyl (C=O) groups excluding carboxylic acids is 1. The Kier molecular flexibility index (Phi) is 5.55. The SMILES string of the molecule is Cc1cc(NC(=O)CSc2nc3sc(C)c(C)c3c(=O)n2C)ccc1Br. The van der Waals surface area contributed by atoms with Crippen molar-refractivity contribution >= 4 is 60.8 Å². The molecule has 1 N–H and O–H groups in total. The minimum atomic E-state index is -0.135. The number of hydrogen-bond acceptors (Lipinski definition) is 5. The van der Waals surface area contributed by atoms with Gasteiger partial charge >= 0.3 is 0 Å². The third kappa shape index (κ3) is 3.72. The second-order valence-electron chi connectivity index (χ2n) is 6.02. The van der Waals surface area contributed by atoms with E-state index in [0.29, 0.717) is 10.5 Å². The number of thioether (sulfide) groups is 1. The number of fused-ring (bicyclic) bond motifs is 1. The maximum Gasteiger partial charge on any atom is 0.262 e. The Morgan fingerprint density at radius 2 is 2.08 bits per heavy atom. The van der Waals surface area contributed by atoms with Gasteiger partial charge in [-0.3, -0.25) is 14.2 Å². The predicted octanol–water partition coefficient (Wildman–Crippen LogP) is 4.41. The Labute approximate surface area is 168 Å². The predicted molar refractivity (Wildman–Crippen MR) is 113 cm³/mol. The van der Waals surface area contributed by atoms with Crippen LogP contribution >= 0.6 is 39.0 Å². The van der Waals surface area contributed by atoms with Gasteiger partial charge in [0.15, 0.2) is 5.16 Å². The van der Waals surface area contributed by atoms with Crippen molar-refractivity contribution in [2.45, 2.75) is 25.9 Å². The van der Waals surface area contributed by atoms with Gasteiger partial charge in [-0.2, -0.15) is 0 Å². The lowest BCUT2D eigenvalue weighted by atomic mass is 10.2. The Hall–Kier alpha value is -1.64. The molecule has 0 aliphatic heterocycles. The molecule has 0 bridgehead atoms. The second kappa shape index (κ2) is 7.54. The molecule has 26 heavy (non-hydrogen) atoms. The number of carbonyl (C=O) groups is 1. The first-order valence-electron chi connectivity index (χ1n) is 7.93. The van der Waals surface area contributed by atoms with Crippen molar-refractivity contribution in [3.05, 3.63) is 49.0 Å². The number of nitrogens with zero attached hydrogens (tertiary/aromatic N) is 2. The zero-order valence-electron chi connectivity index (χ0n) is 14.8. The van der Waals surface area contributed by atoms with Crippen LogP contribution in [0.2, 0.25) is 0 Å². The molecule has 0 spiro atoms. The quantitative estimate of drug-likeness (QED) is 0.471. The van der Waals surface area contributed by atoms with Crippen LogP contribution in [0.1, 0.15) is 16.0 Å². The van der Waals surface area contributed by atoms with E-state index in [2.05, 4.69) is 26.2 Å². The summed E-state index contributed by atoms with van der Waals surface area (Å²) in [7, 11) is 1.69. The van der Waals surface area contributed by atoms with Gasteiger partial charge in [0.2, 0.25) is 5.91 Å². The number of amides is 1. The van der Waals surface area contributed by atoms with Gasteiger partial charge in [-0.05, 0) is 50.1 Å². The average molecular weight is 452 g/mol. The fourth-order valence-corrected chi connectivity index (χ4v) is 4.62. The zero-order valence-corrected chi connectivity index (χ0v) is 18.1. The number of thiophene rings is 1. The minimum absolute atomic E-state index is 0.0664. The van der Waals surface area contributed by atoms with E-state index >= 15 is 0 Å². The van der Waals surface area contributed by atoms with Crippen molar-refractivity contribution in [3.8, 4) is 0 Å². The van der Waals surface area contributed by atoms with Gasteiger partial charge in [0.05, 0.1) is 11.1 Å². The lowest BCUT2D eigenvalue weighted by Crippen LogP contribution is -2.21. The molecule has 3 aromatic rings. The monoisotopic (exact) mass is 451 g/mol. The highest BCUT2D eigenvalue weighted by molar-refractivity contribution is 9.10. The molecule has 0 aliphatic carbocycles. The number of hydrogen-bond donors (Lipinski definition) is 1. The fourth-order valence-electron chi connectivity index (χ4n) is 2.53. The van der Waals surface area contributed by atoms with E-state index in [1.165, 1.54) is 27.7 Å². The molecule has 0 saturated heterocycles. The summed E-state index contributed by atoms with van der Waals surface area (Å²) in [4.78, 5) is 31.2. The Morgan fingerprint density at radius 3 is 2.77 bits per heavy atom. The van der Waals surface area contributed by atoms with Gasteiger partial charge in [0.25, 0.3) is 5.56 Å². The summed E-state index contributed by atoms with van der Waals surface area (Å²) in [5, 5.41) is 4.09. The van der Waals surface area contributed by atoms with Crippen molar-refractivity contribution in [2.75, 3.05) is 11.1 Å². The number of rotatable bonds is 4. The smallest absolute Gasteiger partial charge is 0.262 e. The van der Waals surface area contributed by atoms with Gasteiger partial charge in [0, 0.05) is 22.1 Å². The van der Waals surface area contributed by atoms with Crippen LogP contribution in [-0.2, 0) is 11.8 Å². The summed E-state index contributed by atoms with van der Waals surface area (Å²) in [5.74, 6) is 0.0501. The van der Waals surface area contributed by atoms with E-state index in [-0.39, 0.29) is 17.2 Å². The van der Waals surface area contributed by atoms with Crippen LogP contribution in [0.15, 0.2) is 32.6 Å². The molecule has 3 rings (SSSR count). The number of nitrogens with one attached hydrogen (secondary N) is 1. The van der Waals surface area contributed by atoms with Crippen LogP contribution in [0, 0.1) is 20.8 Å². The van der Waals surface area contributed by atoms with Crippen molar-refractivity contribution < 1.29 is 4.79 Å². The van der Waals surface area contributed by atoms with Crippen LogP contribution in [-0.4, -0.2) is 21.2 Å². The molecule has 0 radical (unpaired) electrons. The highest BCUT2D eigenvalue weighted by atomic mass is 79.9. The summed E-state index contributed by atoms with van der Waals surface area (Å²) < 4.78 is 2.52. The molecule has 2 heterocycles. The Morgan fingerprint density at radius 1 is 1.35 bits per heavy atom. The number of benzene rings is 1. The van der Waals surface area contributed by atoms with Gasteiger partial charge in [-0.1, -0.05) is 27.7 Å². The molecule has 1 aromatic carbocycles. The molecule has 136 valence electrons. The highest BCUT2D eigenvalue weighted by Crippen LogP contribution is 2.28. The first-order chi connectivity index (χ1) is 12.3. The molecule has 0 fully saturated rings. The molecule has 0 unspecified atom stereocenters. The summed E-state index contributed by atoms with van der Waals surface area (Å²) >= 11 is 6.22. The van der Waals surface area contributed by atoms with Crippen LogP contribution < -0.4 is 10.9 Å². The molecule has 8 heteroatoms. The standard InChI is InChI=1S/C18H18BrN3O2S2/c1-9-7-12(5-6-13(9)19)20-14(23)8-25-18-21-16-15(17(24)22(18)4)10(2)11(3)26-16/h5-7H,8H2,1-4H3,(H,20,23). The van der Waals surface area contributed by atoms with Crippen LogP contribution in [0.4, 0.5) is 5.69 Å². The van der Waals surface area contributed by atoms with Crippen LogP contribution in [0.5, 0.6) is 0 Å². The number of halogens is 1. The maximum absolute atomic E-state index is 12.6. The Bertz CT molecular complexity index is 1070. The van der Waals surface area contributed by atoms with E-state index in [1.54, 1.807) is 7.05 Å². The summed E-state index contributed by atoms with van der Waals surface area (Å²) in [6.07, 6.45) is 0. The van der Waals surface area contributed by atoms with Crippen molar-refractivity contribution in [1.82, 2.24) is 9.55 Å². The molecule has 2 aromatic heterocycles. The number of aromatic nitrogens is 2. The van der Waals surface area contributed by atoms with Crippen molar-refractivity contribution in [2.24, 2.45) is 7.05 Å². The van der Waals surface area contributed by atoms with Crippen LogP contribution in [0.25, 0.3) is 10.2 Å². The first kappa shape index (κ1) is 19.1. The summed E-state index contributed by atoms with van der Waals surface area (Å²) in [6.45, 7) is 5.90. The molecular formula is C18H18BrN3O2S2. The van der Waals surface area contributed by atoms with Gasteiger partial charge in [0.1, 0.15) is 4.83 Å². The average Bonchev–Trinajstić information content (AvgIpc) is 2.87. The van der Waals surface area contributed by atoms with Gasteiger partial charge < -0.3 is 5.32 Å². The van der Waals surface area contributed by atoms with E-state index in [1.807, 2.05) is 39.0 Å². The second-order valence-corrected chi connectivity index (χ2v) is 9.02. The molecule has 0 saturated carbocycles. The summed E-state index contributed by atoms with van der Waals surface area (Å²) in [6, 6.07) is 5.65. The largest absolute Gasteiger partial charge is 0.325 e. The highest BCUT2D eigenvalue weighted by Gasteiger charge is 2.15. The molecule has 0 atom stereocenters.